The molecule has 0 aromatic heterocycles. The van der Waals surface area contributed by atoms with Crippen molar-refractivity contribution in [1.29, 1.82) is 0 Å². The Labute approximate surface area is 211 Å². The highest BCUT2D eigenvalue weighted by atomic mass is 35.5. The molecule has 5 heteroatoms. The monoisotopic (exact) mass is 485 g/mol. The Morgan fingerprint density at radius 3 is 2.17 bits per heavy atom. The Bertz CT molecular complexity index is 1210. The lowest BCUT2D eigenvalue weighted by Crippen LogP contribution is -2.31. The summed E-state index contributed by atoms with van der Waals surface area (Å²) in [5.74, 6) is -1.40. The van der Waals surface area contributed by atoms with Gasteiger partial charge in [0.05, 0.1) is 18.1 Å². The van der Waals surface area contributed by atoms with Crippen LogP contribution in [0.4, 0.5) is 0 Å². The normalized spacial score (nSPS) is 17.8. The van der Waals surface area contributed by atoms with Crippen LogP contribution in [-0.2, 0) is 14.3 Å². The molecule has 35 heavy (non-hydrogen) atoms. The van der Waals surface area contributed by atoms with Crippen LogP contribution in [0.15, 0.2) is 101 Å². The fraction of sp³-hybridized carbons (Fsp3) is 0.233. The number of ether oxygens (including phenoxy) is 1. The first-order chi connectivity index (χ1) is 17.0. The van der Waals surface area contributed by atoms with Gasteiger partial charge in [-0.15, -0.1) is 0 Å². The Balaban J connectivity index is 1.57. The number of rotatable bonds is 8. The molecule has 0 bridgehead atoms. The van der Waals surface area contributed by atoms with Gasteiger partial charge in [-0.3, -0.25) is 4.99 Å². The summed E-state index contributed by atoms with van der Waals surface area (Å²) in [6.07, 6.45) is 1.48. The Morgan fingerprint density at radius 1 is 0.971 bits per heavy atom. The standard InChI is InChI=1S/C30H28ClNO3/c1-20-27(19-33)29(24-14-9-15-25(31)18-24)28(21(2)32-20)30(34)35-17-16-26(22-10-5-3-6-11-22)23-12-7-4-8-13-23/h3-15,18-19,26-27,29H,16-17H2,1-2H3. The molecule has 0 N–H and O–H groups in total. The topological polar surface area (TPSA) is 55.7 Å². The maximum Gasteiger partial charge on any atom is 0.336 e. The smallest absolute Gasteiger partial charge is 0.336 e. The third kappa shape index (κ3) is 5.60. The molecule has 0 saturated heterocycles. The van der Waals surface area contributed by atoms with Gasteiger partial charge in [-0.05, 0) is 49.1 Å². The van der Waals surface area contributed by atoms with Crippen LogP contribution in [0.2, 0.25) is 5.02 Å². The predicted octanol–water partition coefficient (Wildman–Crippen LogP) is 6.75. The number of esters is 1. The highest BCUT2D eigenvalue weighted by Crippen LogP contribution is 2.39. The van der Waals surface area contributed by atoms with Crippen molar-refractivity contribution in [3.8, 4) is 0 Å². The SMILES string of the molecule is CC1=NC(C)=C(C(=O)OCCC(c2ccccc2)c2ccccc2)C(c2cccc(Cl)c2)C1C=O. The van der Waals surface area contributed by atoms with Crippen LogP contribution in [0.5, 0.6) is 0 Å². The summed E-state index contributed by atoms with van der Waals surface area (Å²) in [6.45, 7) is 3.84. The van der Waals surface area contributed by atoms with Gasteiger partial charge in [0.15, 0.2) is 0 Å². The molecular weight excluding hydrogens is 458 g/mol. The minimum absolute atomic E-state index is 0.0957. The first-order valence-electron chi connectivity index (χ1n) is 11.7. The molecular formula is C30H28ClNO3. The van der Waals surface area contributed by atoms with Crippen LogP contribution in [0.3, 0.4) is 0 Å². The van der Waals surface area contributed by atoms with E-state index in [2.05, 4.69) is 29.3 Å². The number of hydrogen-bond donors (Lipinski definition) is 0. The second-order valence-electron chi connectivity index (χ2n) is 8.75. The zero-order chi connectivity index (χ0) is 24.8. The minimum atomic E-state index is -0.555. The van der Waals surface area contributed by atoms with Crippen LogP contribution in [-0.4, -0.2) is 24.6 Å². The number of hydrogen-bond acceptors (Lipinski definition) is 4. The van der Waals surface area contributed by atoms with Gasteiger partial charge in [-0.2, -0.15) is 0 Å². The van der Waals surface area contributed by atoms with E-state index in [-0.39, 0.29) is 12.5 Å². The van der Waals surface area contributed by atoms with Crippen molar-refractivity contribution in [3.63, 3.8) is 0 Å². The van der Waals surface area contributed by atoms with Crippen LogP contribution >= 0.6 is 11.6 Å². The average Bonchev–Trinajstić information content (AvgIpc) is 2.87. The van der Waals surface area contributed by atoms with Gasteiger partial charge in [-0.1, -0.05) is 84.4 Å². The van der Waals surface area contributed by atoms with E-state index in [0.29, 0.717) is 28.4 Å². The number of benzene rings is 3. The van der Waals surface area contributed by atoms with Crippen LogP contribution < -0.4 is 0 Å². The second kappa shape index (κ2) is 11.3. The van der Waals surface area contributed by atoms with E-state index in [1.165, 1.54) is 11.1 Å². The molecule has 4 rings (SSSR count). The summed E-state index contributed by atoms with van der Waals surface area (Å²) < 4.78 is 5.82. The summed E-state index contributed by atoms with van der Waals surface area (Å²) in [7, 11) is 0. The molecule has 2 unspecified atom stereocenters. The summed E-state index contributed by atoms with van der Waals surface area (Å²) in [5, 5.41) is 0.547. The van der Waals surface area contributed by atoms with E-state index in [1.807, 2.05) is 55.5 Å². The van der Waals surface area contributed by atoms with Gasteiger partial charge < -0.3 is 9.53 Å². The quantitative estimate of drug-likeness (QED) is 0.262. The van der Waals surface area contributed by atoms with E-state index >= 15 is 0 Å². The number of carbonyl (C=O) groups excluding carboxylic acids is 2. The number of allylic oxidation sites excluding steroid dienone is 1. The number of aldehydes is 1. The number of halogens is 1. The van der Waals surface area contributed by atoms with Crippen molar-refractivity contribution in [2.45, 2.75) is 32.1 Å². The second-order valence-corrected chi connectivity index (χ2v) is 9.18. The number of aliphatic imine (C=N–C) groups is 1. The van der Waals surface area contributed by atoms with Crippen LogP contribution in [0, 0.1) is 5.92 Å². The third-order valence-electron chi connectivity index (χ3n) is 6.50. The van der Waals surface area contributed by atoms with E-state index < -0.39 is 17.8 Å². The Hall–Kier alpha value is -3.50. The summed E-state index contributed by atoms with van der Waals surface area (Å²) in [5.41, 5.74) is 4.78. The Kier molecular flexibility index (Phi) is 7.94. The number of carbonyl (C=O) groups is 2. The van der Waals surface area contributed by atoms with Gasteiger partial charge in [0, 0.05) is 28.3 Å². The van der Waals surface area contributed by atoms with Crippen molar-refractivity contribution in [1.82, 2.24) is 0 Å². The lowest BCUT2D eigenvalue weighted by atomic mass is 9.76. The largest absolute Gasteiger partial charge is 0.462 e. The highest BCUT2D eigenvalue weighted by molar-refractivity contribution is 6.30. The molecule has 0 saturated carbocycles. The van der Waals surface area contributed by atoms with E-state index in [1.54, 1.807) is 19.1 Å². The molecule has 1 aliphatic heterocycles. The zero-order valence-electron chi connectivity index (χ0n) is 19.9. The zero-order valence-corrected chi connectivity index (χ0v) is 20.6. The van der Waals surface area contributed by atoms with Gasteiger partial charge >= 0.3 is 5.97 Å². The predicted molar refractivity (Wildman–Crippen MR) is 140 cm³/mol. The number of nitrogens with zero attached hydrogens (tertiary/aromatic N) is 1. The molecule has 4 nitrogen and oxygen atoms in total. The first kappa shape index (κ1) is 24.6. The molecule has 178 valence electrons. The van der Waals surface area contributed by atoms with Gasteiger partial charge in [0.25, 0.3) is 0 Å². The van der Waals surface area contributed by atoms with Crippen molar-refractivity contribution in [2.24, 2.45) is 10.9 Å². The van der Waals surface area contributed by atoms with Crippen LogP contribution in [0.25, 0.3) is 0 Å². The molecule has 0 fully saturated rings. The molecule has 3 aromatic carbocycles. The average molecular weight is 486 g/mol. The first-order valence-corrected chi connectivity index (χ1v) is 12.1. The maximum atomic E-state index is 13.4. The van der Waals surface area contributed by atoms with Crippen molar-refractivity contribution in [2.75, 3.05) is 6.61 Å². The fourth-order valence-corrected chi connectivity index (χ4v) is 5.01. The van der Waals surface area contributed by atoms with E-state index in [9.17, 15) is 9.59 Å². The summed E-state index contributed by atoms with van der Waals surface area (Å²) >= 11 is 6.24. The Morgan fingerprint density at radius 2 is 1.60 bits per heavy atom. The van der Waals surface area contributed by atoms with Gasteiger partial charge in [0.2, 0.25) is 0 Å². The van der Waals surface area contributed by atoms with Crippen molar-refractivity contribution < 1.29 is 14.3 Å². The van der Waals surface area contributed by atoms with Crippen molar-refractivity contribution in [3.05, 3.63) is 118 Å². The van der Waals surface area contributed by atoms with E-state index in [0.717, 1.165) is 11.8 Å². The van der Waals surface area contributed by atoms with Gasteiger partial charge in [0.1, 0.15) is 6.29 Å². The highest BCUT2D eigenvalue weighted by Gasteiger charge is 2.37. The lowest BCUT2D eigenvalue weighted by Gasteiger charge is -2.30. The maximum absolute atomic E-state index is 13.4. The molecule has 0 spiro atoms. The summed E-state index contributed by atoms with van der Waals surface area (Å²) in [4.78, 5) is 29.9. The van der Waals surface area contributed by atoms with Gasteiger partial charge in [-0.25, -0.2) is 4.79 Å². The molecule has 0 aliphatic carbocycles. The van der Waals surface area contributed by atoms with E-state index in [4.69, 9.17) is 16.3 Å². The summed E-state index contributed by atoms with van der Waals surface area (Å²) in [6, 6.07) is 27.7. The lowest BCUT2D eigenvalue weighted by molar-refractivity contribution is -0.139. The van der Waals surface area contributed by atoms with Crippen molar-refractivity contribution >= 4 is 29.6 Å². The molecule has 0 radical (unpaired) electrons. The molecule has 1 aliphatic rings. The molecule has 3 aromatic rings. The molecule has 2 atom stereocenters. The third-order valence-corrected chi connectivity index (χ3v) is 6.74. The fourth-order valence-electron chi connectivity index (χ4n) is 4.81. The minimum Gasteiger partial charge on any atom is -0.462 e. The molecule has 1 heterocycles. The van der Waals surface area contributed by atoms with Crippen LogP contribution in [0.1, 0.15) is 48.8 Å². The molecule has 0 amide bonds.